The predicted octanol–water partition coefficient (Wildman–Crippen LogP) is 4.58. The van der Waals surface area contributed by atoms with Crippen molar-refractivity contribution in [1.29, 1.82) is 0 Å². The first-order valence-corrected chi connectivity index (χ1v) is 13.9. The van der Waals surface area contributed by atoms with E-state index in [9.17, 15) is 22.4 Å². The van der Waals surface area contributed by atoms with Crippen LogP contribution in [-0.4, -0.2) is 44.3 Å². The van der Waals surface area contributed by atoms with Gasteiger partial charge in [0.2, 0.25) is 11.8 Å². The van der Waals surface area contributed by atoms with E-state index in [4.69, 9.17) is 0 Å². The van der Waals surface area contributed by atoms with Crippen molar-refractivity contribution in [2.75, 3.05) is 17.4 Å². The van der Waals surface area contributed by atoms with Gasteiger partial charge in [-0.15, -0.1) is 0 Å². The minimum atomic E-state index is -4.19. The summed E-state index contributed by atoms with van der Waals surface area (Å²) >= 11 is 0. The molecule has 0 fully saturated rings. The Kier molecular flexibility index (Phi) is 9.63. The van der Waals surface area contributed by atoms with Crippen molar-refractivity contribution in [1.82, 2.24) is 10.2 Å². The van der Waals surface area contributed by atoms with Gasteiger partial charge in [0.05, 0.1) is 10.6 Å². The maximum Gasteiger partial charge on any atom is 0.264 e. The molecule has 0 radical (unpaired) electrons. The zero-order valence-corrected chi connectivity index (χ0v) is 23.0. The molecule has 0 bridgehead atoms. The maximum absolute atomic E-state index is 13.8. The molecule has 0 aliphatic carbocycles. The number of rotatable bonds is 11. The summed E-state index contributed by atoms with van der Waals surface area (Å²) in [6, 6.07) is 17.9. The maximum atomic E-state index is 13.8. The first-order chi connectivity index (χ1) is 18.0. The van der Waals surface area contributed by atoms with Gasteiger partial charge in [-0.25, -0.2) is 12.8 Å². The van der Waals surface area contributed by atoms with E-state index >= 15 is 0 Å². The molecular formula is C29H34FN3O4S. The first-order valence-electron chi connectivity index (χ1n) is 12.5. The second-order valence-electron chi connectivity index (χ2n) is 9.28. The lowest BCUT2D eigenvalue weighted by Gasteiger charge is -2.32. The van der Waals surface area contributed by atoms with Crippen LogP contribution in [0, 0.1) is 19.7 Å². The number of amides is 2. The molecule has 38 heavy (non-hydrogen) atoms. The molecule has 0 heterocycles. The molecular weight excluding hydrogens is 505 g/mol. The number of nitrogens with one attached hydrogen (secondary N) is 1. The molecule has 7 nitrogen and oxygen atoms in total. The van der Waals surface area contributed by atoms with Crippen molar-refractivity contribution < 1.29 is 22.4 Å². The minimum Gasteiger partial charge on any atom is -0.354 e. The highest BCUT2D eigenvalue weighted by Gasteiger charge is 2.32. The number of carbonyl (C=O) groups excluding carboxylic acids is 2. The number of sulfonamides is 1. The number of anilines is 1. The molecule has 9 heteroatoms. The van der Waals surface area contributed by atoms with Crippen molar-refractivity contribution in [2.45, 2.75) is 51.6 Å². The van der Waals surface area contributed by atoms with E-state index in [2.05, 4.69) is 5.32 Å². The number of hydrogen-bond donors (Lipinski definition) is 1. The molecule has 0 aliphatic rings. The molecule has 0 spiro atoms. The summed E-state index contributed by atoms with van der Waals surface area (Å²) in [5, 5.41) is 2.81. The van der Waals surface area contributed by atoms with E-state index in [1.165, 1.54) is 29.2 Å². The van der Waals surface area contributed by atoms with Crippen LogP contribution in [0.2, 0.25) is 0 Å². The van der Waals surface area contributed by atoms with Gasteiger partial charge in [-0.1, -0.05) is 54.4 Å². The SMILES string of the molecule is CCCNC(=O)C(C)N(Cc1cccc(C)c1)C(=O)CN(c1ccc(F)cc1)S(=O)(=O)c1ccc(C)cc1. The van der Waals surface area contributed by atoms with E-state index in [-0.39, 0.29) is 23.0 Å². The predicted molar refractivity (Wildman–Crippen MR) is 147 cm³/mol. The van der Waals surface area contributed by atoms with Crippen LogP contribution in [0.3, 0.4) is 0 Å². The molecule has 0 aliphatic heterocycles. The van der Waals surface area contributed by atoms with Crippen LogP contribution < -0.4 is 9.62 Å². The van der Waals surface area contributed by atoms with Gasteiger partial charge in [0.25, 0.3) is 10.0 Å². The second kappa shape index (κ2) is 12.7. The van der Waals surface area contributed by atoms with E-state index in [1.54, 1.807) is 19.1 Å². The van der Waals surface area contributed by atoms with Crippen LogP contribution in [0.1, 0.15) is 37.0 Å². The Hall–Kier alpha value is -3.72. The van der Waals surface area contributed by atoms with Crippen molar-refractivity contribution in [3.8, 4) is 0 Å². The third-order valence-electron chi connectivity index (χ3n) is 6.15. The van der Waals surface area contributed by atoms with E-state index in [1.807, 2.05) is 45.0 Å². The highest BCUT2D eigenvalue weighted by Crippen LogP contribution is 2.25. The monoisotopic (exact) mass is 539 g/mol. The summed E-state index contributed by atoms with van der Waals surface area (Å²) in [5.41, 5.74) is 2.82. The minimum absolute atomic E-state index is 0.000744. The van der Waals surface area contributed by atoms with Crippen molar-refractivity contribution >= 4 is 27.5 Å². The second-order valence-corrected chi connectivity index (χ2v) is 11.1. The van der Waals surface area contributed by atoms with E-state index in [0.29, 0.717) is 6.54 Å². The summed E-state index contributed by atoms with van der Waals surface area (Å²) in [4.78, 5) is 28.0. The molecule has 1 N–H and O–H groups in total. The molecule has 3 aromatic carbocycles. The quantitative estimate of drug-likeness (QED) is 0.387. The highest BCUT2D eigenvalue weighted by molar-refractivity contribution is 7.92. The Morgan fingerprint density at radius 3 is 2.21 bits per heavy atom. The topological polar surface area (TPSA) is 86.8 Å². The number of carbonyl (C=O) groups is 2. The van der Waals surface area contributed by atoms with Gasteiger partial charge in [-0.05, 0) is 69.2 Å². The fourth-order valence-corrected chi connectivity index (χ4v) is 5.37. The Bertz CT molecular complexity index is 1360. The molecule has 1 unspecified atom stereocenters. The average Bonchev–Trinajstić information content (AvgIpc) is 2.89. The Balaban J connectivity index is 2.01. The lowest BCUT2D eigenvalue weighted by molar-refractivity contribution is -0.139. The van der Waals surface area contributed by atoms with Crippen LogP contribution in [0.15, 0.2) is 77.7 Å². The molecule has 0 saturated heterocycles. The van der Waals surface area contributed by atoms with Gasteiger partial charge >= 0.3 is 0 Å². The van der Waals surface area contributed by atoms with Gasteiger partial charge in [0, 0.05) is 13.1 Å². The van der Waals surface area contributed by atoms with Gasteiger partial charge in [0.15, 0.2) is 0 Å². The van der Waals surface area contributed by atoms with Gasteiger partial charge < -0.3 is 10.2 Å². The van der Waals surface area contributed by atoms with Gasteiger partial charge in [-0.2, -0.15) is 0 Å². The third-order valence-corrected chi connectivity index (χ3v) is 7.94. The van der Waals surface area contributed by atoms with Crippen LogP contribution in [0.25, 0.3) is 0 Å². The van der Waals surface area contributed by atoms with E-state index < -0.39 is 34.3 Å². The van der Waals surface area contributed by atoms with Crippen LogP contribution in [0.5, 0.6) is 0 Å². The standard InChI is InChI=1S/C29H34FN3O4S/c1-5-17-31-29(35)23(4)32(19-24-8-6-7-22(3)18-24)28(34)20-33(26-13-11-25(30)12-14-26)38(36,37)27-15-9-21(2)10-16-27/h6-16,18,23H,5,17,19-20H2,1-4H3,(H,31,35). The van der Waals surface area contributed by atoms with Crippen LogP contribution in [-0.2, 0) is 26.2 Å². The molecule has 2 amide bonds. The summed E-state index contributed by atoms with van der Waals surface area (Å²) < 4.78 is 42.1. The molecule has 1 atom stereocenters. The van der Waals surface area contributed by atoms with Gasteiger partial charge in [0.1, 0.15) is 18.4 Å². The zero-order valence-electron chi connectivity index (χ0n) is 22.1. The summed E-state index contributed by atoms with van der Waals surface area (Å²) in [6.45, 7) is 7.32. The Labute approximate surface area is 224 Å². The van der Waals surface area contributed by atoms with Crippen molar-refractivity contribution in [2.24, 2.45) is 0 Å². The third kappa shape index (κ3) is 7.19. The fraction of sp³-hybridized carbons (Fsp3) is 0.310. The average molecular weight is 540 g/mol. The molecule has 0 saturated carbocycles. The van der Waals surface area contributed by atoms with Gasteiger partial charge in [-0.3, -0.25) is 13.9 Å². The highest BCUT2D eigenvalue weighted by atomic mass is 32.2. The zero-order chi connectivity index (χ0) is 27.9. The van der Waals surface area contributed by atoms with Crippen molar-refractivity contribution in [3.63, 3.8) is 0 Å². The summed E-state index contributed by atoms with van der Waals surface area (Å²) in [5.74, 6) is -1.43. The molecule has 3 rings (SSSR count). The molecule has 202 valence electrons. The van der Waals surface area contributed by atoms with Crippen molar-refractivity contribution in [3.05, 3.63) is 95.3 Å². The number of hydrogen-bond acceptors (Lipinski definition) is 4. The number of benzene rings is 3. The summed E-state index contributed by atoms with van der Waals surface area (Å²) in [7, 11) is -4.19. The Morgan fingerprint density at radius 2 is 1.61 bits per heavy atom. The van der Waals surface area contributed by atoms with E-state index in [0.717, 1.165) is 39.5 Å². The lowest BCUT2D eigenvalue weighted by Crippen LogP contribution is -2.51. The Morgan fingerprint density at radius 1 is 0.947 bits per heavy atom. The lowest BCUT2D eigenvalue weighted by atomic mass is 10.1. The normalized spacial score (nSPS) is 12.0. The first kappa shape index (κ1) is 28.8. The van der Waals surface area contributed by atoms with Crippen LogP contribution in [0.4, 0.5) is 10.1 Å². The number of nitrogens with zero attached hydrogens (tertiary/aromatic N) is 2. The molecule has 0 aromatic heterocycles. The van der Waals surface area contributed by atoms with Crippen LogP contribution >= 0.6 is 0 Å². The number of aryl methyl sites for hydroxylation is 2. The smallest absolute Gasteiger partial charge is 0.264 e. The number of halogens is 1. The summed E-state index contributed by atoms with van der Waals surface area (Å²) in [6.07, 6.45) is 0.734. The largest absolute Gasteiger partial charge is 0.354 e. The molecule has 3 aromatic rings. The fourth-order valence-electron chi connectivity index (χ4n) is 3.96.